The summed E-state index contributed by atoms with van der Waals surface area (Å²) in [6, 6.07) is 0. The fourth-order valence-electron chi connectivity index (χ4n) is 16.8. The highest BCUT2D eigenvalue weighted by Gasteiger charge is 2.68. The smallest absolute Gasteiger partial charge is 0.308 e. The van der Waals surface area contributed by atoms with Crippen molar-refractivity contribution in [3.05, 3.63) is 24.3 Å². The van der Waals surface area contributed by atoms with Gasteiger partial charge in [0.15, 0.2) is 23.1 Å². The Kier molecular flexibility index (Phi) is 14.3. The van der Waals surface area contributed by atoms with Gasteiger partial charge in [0, 0.05) is 64.4 Å². The van der Waals surface area contributed by atoms with E-state index in [1.165, 1.54) is 0 Å². The van der Waals surface area contributed by atoms with Crippen molar-refractivity contribution >= 4 is 28.6 Å². The third-order valence-electron chi connectivity index (χ3n) is 20.6. The molecular formula is C57H81IO19. The predicted octanol–water partition coefficient (Wildman–Crippen LogP) is 4.79. The molecule has 0 saturated carbocycles. The second-order valence-corrected chi connectivity index (χ2v) is 27.5. The second-order valence-electron chi connectivity index (χ2n) is 26.0. The van der Waals surface area contributed by atoms with Gasteiger partial charge in [0.25, 0.3) is 0 Å². The molecule has 0 radical (unpaired) electrons. The van der Waals surface area contributed by atoms with Crippen LogP contribution in [0.4, 0.5) is 0 Å². The summed E-state index contributed by atoms with van der Waals surface area (Å²) in [6.45, 7) is 13.3. The molecule has 14 aliphatic rings. The number of esters is 1. The van der Waals surface area contributed by atoms with Crippen LogP contribution in [0.15, 0.2) is 24.3 Å². The molecule has 0 aromatic heterocycles. The summed E-state index contributed by atoms with van der Waals surface area (Å²) < 4.78 is 94.9. The molecular weight excluding hydrogens is 1120 g/mol. The molecule has 14 rings (SSSR count). The van der Waals surface area contributed by atoms with Crippen LogP contribution in [-0.4, -0.2) is 194 Å². The normalized spacial score (nSPS) is 55.3. The maximum Gasteiger partial charge on any atom is 0.308 e. The Morgan fingerprint density at radius 2 is 1.30 bits per heavy atom. The average molecular weight is 1200 g/mol. The Balaban J connectivity index is 0.681. The predicted molar refractivity (Wildman–Crippen MR) is 275 cm³/mol. The van der Waals surface area contributed by atoms with Crippen LogP contribution >= 0.6 is 22.6 Å². The largest absolute Gasteiger partial charge is 0.459 e. The Morgan fingerprint density at radius 3 is 2.14 bits per heavy atom. The lowest BCUT2D eigenvalue weighted by atomic mass is 9.83. The molecule has 19 nitrogen and oxygen atoms in total. The number of hydrogen-bond acceptors (Lipinski definition) is 19. The van der Waals surface area contributed by atoms with Crippen LogP contribution in [0, 0.1) is 11.8 Å². The highest BCUT2D eigenvalue weighted by molar-refractivity contribution is 14.1. The van der Waals surface area contributed by atoms with E-state index in [1.54, 1.807) is 0 Å². The van der Waals surface area contributed by atoms with Crippen molar-refractivity contribution in [2.75, 3.05) is 6.61 Å². The van der Waals surface area contributed by atoms with E-state index < -0.39 is 72.0 Å². The van der Waals surface area contributed by atoms with E-state index in [4.69, 9.17) is 66.3 Å². The number of carbonyl (C=O) groups excluding carboxylic acids is 1. The molecule has 14 saturated heterocycles. The number of halogens is 1. The highest BCUT2D eigenvalue weighted by atomic mass is 127. The molecule has 2 unspecified atom stereocenters. The van der Waals surface area contributed by atoms with Gasteiger partial charge in [-0.1, -0.05) is 49.6 Å². The fraction of sp³-hybridized carbons (Fsp3) is 0.912. The van der Waals surface area contributed by atoms with Gasteiger partial charge in [-0.2, -0.15) is 0 Å². The minimum atomic E-state index is -2.15. The van der Waals surface area contributed by atoms with Crippen molar-refractivity contribution in [2.45, 2.75) is 304 Å². The van der Waals surface area contributed by atoms with Crippen LogP contribution in [0.3, 0.4) is 0 Å². The zero-order valence-electron chi connectivity index (χ0n) is 44.5. The van der Waals surface area contributed by atoms with Crippen LogP contribution in [0.5, 0.6) is 0 Å². The van der Waals surface area contributed by atoms with Crippen molar-refractivity contribution < 1.29 is 91.5 Å². The van der Waals surface area contributed by atoms with Crippen molar-refractivity contribution in [1.29, 1.82) is 0 Å². The zero-order chi connectivity index (χ0) is 52.9. The Bertz CT molecular complexity index is 2260. The molecule has 4 N–H and O–H groups in total. The van der Waals surface area contributed by atoms with Gasteiger partial charge in [-0.15, -0.1) is 0 Å². The number of hydrogen-bond donors (Lipinski definition) is 4. The molecule has 430 valence electrons. The minimum absolute atomic E-state index is 0.0251. The van der Waals surface area contributed by atoms with E-state index in [2.05, 4.69) is 49.6 Å². The zero-order valence-corrected chi connectivity index (χ0v) is 46.6. The SMILES string of the molecule is C=C1CC2CC[C@]34CC(O)(O)C(O3)[C@@H]3O[C@H]5CC[C@H](CC(=O)O[C@@H]6C[C@@H]7O[C@@H]8C[C@]9(C[C@@H]%10O[C@@]%11(CC[C@@H]%10O9)C[C@H](C)[C@@H]9O[C@H]([C@@H](O)CCO)C[C@@H]9O%11)O[C@@H]8C[C@@H]7O[C@H]6C[C@H]6O[C@@H](CC[C@@H]1O2)C[C@@H](C)C6=C)O[C@@H]5[C@H](O4)[C@@H]3I. The quantitative estimate of drug-likeness (QED) is 0.0980. The molecule has 10 bridgehead atoms. The third kappa shape index (κ3) is 9.89. The molecule has 20 heteroatoms. The maximum atomic E-state index is 14.4. The number of ether oxygens (including phenoxy) is 14. The second kappa shape index (κ2) is 20.4. The van der Waals surface area contributed by atoms with E-state index in [9.17, 15) is 25.2 Å². The van der Waals surface area contributed by atoms with E-state index >= 15 is 0 Å². The Hall–Kier alpha value is -1.00. The van der Waals surface area contributed by atoms with Gasteiger partial charge in [-0.25, -0.2) is 0 Å². The van der Waals surface area contributed by atoms with Crippen LogP contribution in [-0.2, 0) is 71.1 Å². The Morgan fingerprint density at radius 1 is 0.584 bits per heavy atom. The average Bonchev–Trinajstić information content (AvgIpc) is 4.41. The first-order valence-corrected chi connectivity index (χ1v) is 30.7. The standard InChI is InChI=1S/C57H81IO19/c1-26-15-30-5-7-34-27(2)16-32(64-34)9-12-55-25-57(62,63)53(77-55)52-48(58)51(76-55)50-36(70-52)8-6-31(66-50)17-47(61)69-42-20-40-41(67-39(42)18-37(65-30)29(26)4)21-43-45(68-40)23-56(73-43)24-46-35(72-56)10-13-54(75-46)22-28(3)49-44(74-54)19-38(71-49)33(60)11-14-59/h26,28,30-46,48-53,59-60,62-63H,2,4-25H2,1,3H3/t26-,28+,30+,31-,32?,33+,34+,35+,36+,37-,38+,39+,40+,41+,42-,43-,44+,45-,46+,48+,49+,50+,51-,52-,53?,54+,55-,56-/m1/s1. The van der Waals surface area contributed by atoms with E-state index in [0.717, 1.165) is 36.8 Å². The first-order valence-electron chi connectivity index (χ1n) is 29.5. The van der Waals surface area contributed by atoms with Gasteiger partial charge in [-0.3, -0.25) is 4.79 Å². The first kappa shape index (κ1) is 54.0. The molecule has 77 heavy (non-hydrogen) atoms. The summed E-state index contributed by atoms with van der Waals surface area (Å²) in [5.74, 6) is -5.14. The van der Waals surface area contributed by atoms with Crippen LogP contribution < -0.4 is 0 Å². The van der Waals surface area contributed by atoms with Gasteiger partial charge < -0.3 is 86.7 Å². The lowest BCUT2D eigenvalue weighted by molar-refractivity contribution is -0.339. The first-order chi connectivity index (χ1) is 36.9. The van der Waals surface area contributed by atoms with Crippen LogP contribution in [0.1, 0.15) is 142 Å². The number of aliphatic hydroxyl groups is 4. The Labute approximate surface area is 464 Å². The van der Waals surface area contributed by atoms with Crippen molar-refractivity contribution in [3.8, 4) is 0 Å². The molecule has 0 aliphatic carbocycles. The molecule has 14 heterocycles. The summed E-state index contributed by atoms with van der Waals surface area (Å²) in [5, 5.41) is 43.0. The maximum absolute atomic E-state index is 14.4. The number of carbonyl (C=O) groups is 1. The van der Waals surface area contributed by atoms with Gasteiger partial charge in [0.05, 0.1) is 121 Å². The molecule has 28 atom stereocenters. The molecule has 3 spiro atoms. The van der Waals surface area contributed by atoms with Crippen LogP contribution in [0.25, 0.3) is 0 Å². The van der Waals surface area contributed by atoms with Gasteiger partial charge in [0.2, 0.25) is 0 Å². The fourth-order valence-corrected chi connectivity index (χ4v) is 17.9. The van der Waals surface area contributed by atoms with Crippen molar-refractivity contribution in [3.63, 3.8) is 0 Å². The lowest BCUT2D eigenvalue weighted by Crippen LogP contribution is -2.65. The summed E-state index contributed by atoms with van der Waals surface area (Å²) in [4.78, 5) is 14.4. The molecule has 0 amide bonds. The van der Waals surface area contributed by atoms with Crippen molar-refractivity contribution in [1.82, 2.24) is 0 Å². The molecule has 14 aliphatic heterocycles. The summed E-state index contributed by atoms with van der Waals surface area (Å²) in [5.41, 5.74) is 2.05. The summed E-state index contributed by atoms with van der Waals surface area (Å²) >= 11 is 2.29. The summed E-state index contributed by atoms with van der Waals surface area (Å²) in [6.07, 6.45) is 2.14. The monoisotopic (exact) mass is 1200 g/mol. The number of aliphatic hydroxyl groups excluding tert-OH is 2. The van der Waals surface area contributed by atoms with E-state index in [0.29, 0.717) is 83.5 Å². The topological polar surface area (TPSA) is 227 Å². The highest BCUT2D eigenvalue weighted by Crippen LogP contribution is 2.56. The van der Waals surface area contributed by atoms with Gasteiger partial charge >= 0.3 is 5.97 Å². The van der Waals surface area contributed by atoms with E-state index in [-0.39, 0.29) is 133 Å². The molecule has 0 aromatic carbocycles. The third-order valence-corrected chi connectivity index (χ3v) is 22.0. The lowest BCUT2D eigenvalue weighted by Gasteiger charge is -2.50. The van der Waals surface area contributed by atoms with Crippen molar-refractivity contribution in [2.24, 2.45) is 11.8 Å². The van der Waals surface area contributed by atoms with Gasteiger partial charge in [0.1, 0.15) is 30.5 Å². The van der Waals surface area contributed by atoms with Crippen LogP contribution in [0.2, 0.25) is 0 Å². The molecule has 0 aromatic rings. The number of fused-ring (bicyclic) bond motifs is 13. The number of rotatable bonds is 3. The summed E-state index contributed by atoms with van der Waals surface area (Å²) in [7, 11) is 0. The van der Waals surface area contributed by atoms with E-state index in [1.807, 2.05) is 0 Å². The minimum Gasteiger partial charge on any atom is -0.459 e. The number of alkyl halides is 1. The molecule has 14 fully saturated rings. The van der Waals surface area contributed by atoms with Gasteiger partial charge in [-0.05, 0) is 80.8 Å².